The molecule has 182 valence electrons. The Balaban J connectivity index is 1.69. The van der Waals surface area contributed by atoms with Crippen LogP contribution in [0.25, 0.3) is 0 Å². The maximum absolute atomic E-state index is 11.7. The minimum Gasteiger partial charge on any atom is -0.487 e. The Labute approximate surface area is 201 Å². The number of aliphatic carboxylic acids is 1. The van der Waals surface area contributed by atoms with Gasteiger partial charge in [-0.25, -0.2) is 4.98 Å². The van der Waals surface area contributed by atoms with E-state index >= 15 is 0 Å². The van der Waals surface area contributed by atoms with Gasteiger partial charge in [-0.3, -0.25) is 13.9 Å². The van der Waals surface area contributed by atoms with Gasteiger partial charge in [-0.05, 0) is 49.6 Å². The molecule has 0 aliphatic carbocycles. The predicted molar refractivity (Wildman–Crippen MR) is 131 cm³/mol. The van der Waals surface area contributed by atoms with E-state index in [9.17, 15) is 19.0 Å². The van der Waals surface area contributed by atoms with Crippen LogP contribution >= 0.6 is 10.8 Å². The predicted octanol–water partition coefficient (Wildman–Crippen LogP) is 5.13. The second-order valence-corrected chi connectivity index (χ2v) is 10.7. The van der Waals surface area contributed by atoms with Crippen molar-refractivity contribution < 1.29 is 23.7 Å². The van der Waals surface area contributed by atoms with E-state index in [0.29, 0.717) is 22.9 Å². The first-order valence-electron chi connectivity index (χ1n) is 11.3. The molecule has 2 unspecified atom stereocenters. The van der Waals surface area contributed by atoms with E-state index in [4.69, 9.17) is 4.74 Å². The Kier molecular flexibility index (Phi) is 6.99. The molecule has 2 aromatic carbocycles. The molecule has 0 bridgehead atoms. The van der Waals surface area contributed by atoms with Crippen LogP contribution in [-0.4, -0.2) is 46.7 Å². The molecule has 2 heterocycles. The quantitative estimate of drug-likeness (QED) is 0.426. The minimum atomic E-state index is -3.27. The molecule has 0 fully saturated rings. The monoisotopic (exact) mass is 485 g/mol. The SMILES string of the molecule is CCn1cnc(C(CC(=O)O)c2ccc(C)c(CN3CC(C)Oc4ccccc4S3(O)O)c2)c1. The zero-order chi connectivity index (χ0) is 24.5. The highest BCUT2D eigenvalue weighted by Gasteiger charge is 2.34. The van der Waals surface area contributed by atoms with Gasteiger partial charge in [0, 0.05) is 25.2 Å². The maximum Gasteiger partial charge on any atom is 0.304 e. The molecule has 8 nitrogen and oxygen atoms in total. The third kappa shape index (κ3) is 4.97. The Bertz CT molecular complexity index is 1180. The number of aryl methyl sites for hydroxylation is 2. The van der Waals surface area contributed by atoms with E-state index in [-0.39, 0.29) is 19.1 Å². The fourth-order valence-corrected chi connectivity index (χ4v) is 5.94. The molecule has 9 heteroatoms. The Hall–Kier alpha value is -2.85. The molecular weight excluding hydrogens is 454 g/mol. The topological polar surface area (TPSA) is 108 Å². The largest absolute Gasteiger partial charge is 0.487 e. The molecule has 1 aromatic heterocycles. The van der Waals surface area contributed by atoms with Crippen LogP contribution in [0.3, 0.4) is 0 Å². The van der Waals surface area contributed by atoms with Crippen molar-refractivity contribution in [3.05, 3.63) is 77.4 Å². The van der Waals surface area contributed by atoms with Crippen molar-refractivity contribution in [2.24, 2.45) is 0 Å². The fraction of sp³-hybridized carbons (Fsp3) is 0.360. The summed E-state index contributed by atoms with van der Waals surface area (Å²) in [5.41, 5.74) is 3.42. The first kappa shape index (κ1) is 24.3. The standard InChI is InChI=1S/C25H31N3O5S/c1-4-27-15-22(26-16-27)21(12-25(29)30)19-10-9-17(2)20(11-19)14-28-13-18(3)33-23-7-5-6-8-24(23)34(28,31)32/h5-11,15-16,18,21,31-32H,4,12-14H2,1-3H3,(H,29,30). The second-order valence-electron chi connectivity index (χ2n) is 8.68. The Morgan fingerprint density at radius 2 is 2.03 bits per heavy atom. The minimum absolute atomic E-state index is 0.0830. The Morgan fingerprint density at radius 1 is 1.26 bits per heavy atom. The summed E-state index contributed by atoms with van der Waals surface area (Å²) in [6.45, 7) is 7.24. The number of fused-ring (bicyclic) bond motifs is 1. The van der Waals surface area contributed by atoms with Crippen LogP contribution in [0.5, 0.6) is 5.75 Å². The van der Waals surface area contributed by atoms with Crippen molar-refractivity contribution >= 4 is 16.7 Å². The van der Waals surface area contributed by atoms with Crippen molar-refractivity contribution in [3.63, 3.8) is 0 Å². The van der Waals surface area contributed by atoms with Gasteiger partial charge in [0.05, 0.1) is 25.0 Å². The van der Waals surface area contributed by atoms with E-state index in [1.165, 1.54) is 0 Å². The van der Waals surface area contributed by atoms with Crippen molar-refractivity contribution in [1.82, 2.24) is 13.9 Å². The third-order valence-corrected chi connectivity index (χ3v) is 8.10. The summed E-state index contributed by atoms with van der Waals surface area (Å²) >= 11 is 0. The van der Waals surface area contributed by atoms with Crippen molar-refractivity contribution in [2.45, 2.75) is 57.2 Å². The second kappa shape index (κ2) is 9.79. The summed E-state index contributed by atoms with van der Waals surface area (Å²) in [4.78, 5) is 16.5. The highest BCUT2D eigenvalue weighted by Crippen LogP contribution is 2.57. The average Bonchev–Trinajstić information content (AvgIpc) is 3.24. The summed E-state index contributed by atoms with van der Waals surface area (Å²) in [5.74, 6) is -0.824. The zero-order valence-electron chi connectivity index (χ0n) is 19.6. The molecule has 1 aliphatic heterocycles. The number of hydrogen-bond acceptors (Lipinski definition) is 6. The van der Waals surface area contributed by atoms with E-state index in [1.54, 1.807) is 28.8 Å². The molecule has 0 spiro atoms. The summed E-state index contributed by atoms with van der Waals surface area (Å²) in [6, 6.07) is 12.9. The highest BCUT2D eigenvalue weighted by molar-refractivity contribution is 8.22. The molecule has 2 atom stereocenters. The molecule has 0 radical (unpaired) electrons. The number of carboxylic acids is 1. The zero-order valence-corrected chi connectivity index (χ0v) is 20.4. The lowest BCUT2D eigenvalue weighted by molar-refractivity contribution is -0.137. The van der Waals surface area contributed by atoms with Gasteiger partial charge in [0.15, 0.2) is 0 Å². The summed E-state index contributed by atoms with van der Waals surface area (Å²) in [7, 11) is -3.27. The lowest BCUT2D eigenvalue weighted by atomic mass is 9.90. The molecule has 0 saturated heterocycles. The normalized spacial score (nSPS) is 19.5. The molecule has 1 aliphatic rings. The fourth-order valence-electron chi connectivity index (χ4n) is 4.28. The van der Waals surface area contributed by atoms with Crippen LogP contribution in [0.15, 0.2) is 59.9 Å². The number of hydrogen-bond donors (Lipinski definition) is 3. The molecule has 3 aromatic rings. The van der Waals surface area contributed by atoms with Gasteiger partial charge in [-0.15, -0.1) is 10.8 Å². The van der Waals surface area contributed by atoms with Gasteiger partial charge < -0.3 is 14.4 Å². The molecule has 3 N–H and O–H groups in total. The number of aromatic nitrogens is 2. The third-order valence-electron chi connectivity index (χ3n) is 6.17. The lowest BCUT2D eigenvalue weighted by Gasteiger charge is -2.42. The van der Waals surface area contributed by atoms with Gasteiger partial charge in [-0.2, -0.15) is 4.31 Å². The van der Waals surface area contributed by atoms with Crippen LogP contribution in [0.2, 0.25) is 0 Å². The van der Waals surface area contributed by atoms with E-state index in [0.717, 1.165) is 23.2 Å². The molecular formula is C25H31N3O5S. The number of rotatable bonds is 7. The maximum atomic E-state index is 11.7. The van der Waals surface area contributed by atoms with Crippen molar-refractivity contribution in [2.75, 3.05) is 6.54 Å². The first-order chi connectivity index (χ1) is 16.2. The first-order valence-corrected chi connectivity index (χ1v) is 12.8. The summed E-state index contributed by atoms with van der Waals surface area (Å²) in [5, 5.41) is 9.56. The summed E-state index contributed by atoms with van der Waals surface area (Å²) in [6.07, 6.45) is 3.27. The summed E-state index contributed by atoms with van der Waals surface area (Å²) < 4.78 is 32.0. The smallest absolute Gasteiger partial charge is 0.304 e. The van der Waals surface area contributed by atoms with Crippen LogP contribution in [0, 0.1) is 6.92 Å². The lowest BCUT2D eigenvalue weighted by Crippen LogP contribution is -2.33. The van der Waals surface area contributed by atoms with Gasteiger partial charge in [-0.1, -0.05) is 30.3 Å². The Morgan fingerprint density at radius 3 is 2.74 bits per heavy atom. The number of nitrogens with zero attached hydrogens (tertiary/aromatic N) is 3. The number of benzene rings is 2. The van der Waals surface area contributed by atoms with Crippen LogP contribution in [0.4, 0.5) is 0 Å². The van der Waals surface area contributed by atoms with Crippen molar-refractivity contribution in [1.29, 1.82) is 0 Å². The van der Waals surface area contributed by atoms with Gasteiger partial charge in [0.2, 0.25) is 0 Å². The highest BCUT2D eigenvalue weighted by atomic mass is 32.3. The van der Waals surface area contributed by atoms with Crippen LogP contribution in [0.1, 0.15) is 48.6 Å². The number of ether oxygens (including phenoxy) is 1. The van der Waals surface area contributed by atoms with Crippen LogP contribution < -0.4 is 4.74 Å². The van der Waals surface area contributed by atoms with Crippen LogP contribution in [-0.2, 0) is 17.9 Å². The molecule has 34 heavy (non-hydrogen) atoms. The van der Waals surface area contributed by atoms with Gasteiger partial charge in [0.25, 0.3) is 0 Å². The van der Waals surface area contributed by atoms with Crippen molar-refractivity contribution in [3.8, 4) is 5.75 Å². The van der Waals surface area contributed by atoms with E-state index in [1.807, 2.05) is 55.8 Å². The van der Waals surface area contributed by atoms with Gasteiger partial charge >= 0.3 is 5.97 Å². The number of para-hydroxylation sites is 1. The van der Waals surface area contributed by atoms with E-state index in [2.05, 4.69) is 4.98 Å². The van der Waals surface area contributed by atoms with E-state index < -0.39 is 22.7 Å². The number of carbonyl (C=O) groups is 1. The molecule has 0 amide bonds. The average molecular weight is 486 g/mol. The molecule has 4 rings (SSSR count). The van der Waals surface area contributed by atoms with Gasteiger partial charge in [0.1, 0.15) is 16.7 Å². The molecule has 0 saturated carbocycles. The number of carboxylic acid groups (broad SMARTS) is 1. The number of imidazole rings is 1.